The molecule has 0 bridgehead atoms. The van der Waals surface area contributed by atoms with Crippen molar-refractivity contribution in [2.24, 2.45) is 0 Å². The van der Waals surface area contributed by atoms with Crippen LogP contribution in [0.4, 0.5) is 5.69 Å². The first kappa shape index (κ1) is 21.3. The fraction of sp³-hybridized carbons (Fsp3) is 0.458. The Morgan fingerprint density at radius 3 is 2.41 bits per heavy atom. The highest BCUT2D eigenvalue weighted by Gasteiger charge is 2.26. The van der Waals surface area contributed by atoms with Gasteiger partial charge in [-0.2, -0.15) is 0 Å². The molecule has 156 valence electrons. The number of rotatable bonds is 8. The lowest BCUT2D eigenvalue weighted by Gasteiger charge is -2.33. The summed E-state index contributed by atoms with van der Waals surface area (Å²) in [5.74, 6) is 0.0618. The van der Waals surface area contributed by atoms with Gasteiger partial charge in [0.15, 0.2) is 0 Å². The molecule has 3 rings (SSSR count). The van der Waals surface area contributed by atoms with Gasteiger partial charge in [-0.15, -0.1) is 0 Å². The standard InChI is InChI=1S/C24H33N3O2/c1-4-15-25(2)24(29)20-10-12-21(13-11-20)26(3)23(19-8-6-5-7-9-19)18-27-16-14-22(28)17-27/h5-13,22-23,28H,4,14-18H2,1-3H3/t22-,23+/m0/s1. The number of aliphatic hydroxyl groups is 1. The number of likely N-dealkylation sites (N-methyl/N-ethyl adjacent to an activating group) is 1. The van der Waals surface area contributed by atoms with E-state index in [1.54, 1.807) is 4.90 Å². The van der Waals surface area contributed by atoms with Gasteiger partial charge in [0.05, 0.1) is 12.1 Å². The SMILES string of the molecule is CCCN(C)C(=O)c1ccc(N(C)[C@H](CN2CC[C@H](O)C2)c2ccccc2)cc1. The van der Waals surface area contributed by atoms with Gasteiger partial charge in [-0.1, -0.05) is 37.3 Å². The molecule has 1 fully saturated rings. The average Bonchev–Trinajstić information content (AvgIpc) is 3.16. The van der Waals surface area contributed by atoms with Crippen molar-refractivity contribution in [3.05, 3.63) is 65.7 Å². The molecule has 0 aromatic heterocycles. The van der Waals surface area contributed by atoms with E-state index in [-0.39, 0.29) is 18.1 Å². The second-order valence-electron chi connectivity index (χ2n) is 8.01. The summed E-state index contributed by atoms with van der Waals surface area (Å²) in [5, 5.41) is 9.91. The van der Waals surface area contributed by atoms with Crippen LogP contribution in [0, 0.1) is 0 Å². The van der Waals surface area contributed by atoms with Gasteiger partial charge in [0.1, 0.15) is 0 Å². The lowest BCUT2D eigenvalue weighted by atomic mass is 10.0. The zero-order valence-corrected chi connectivity index (χ0v) is 17.8. The smallest absolute Gasteiger partial charge is 0.253 e. The van der Waals surface area contributed by atoms with E-state index in [4.69, 9.17) is 0 Å². The minimum Gasteiger partial charge on any atom is -0.392 e. The summed E-state index contributed by atoms with van der Waals surface area (Å²) < 4.78 is 0. The summed E-state index contributed by atoms with van der Waals surface area (Å²) in [4.78, 5) is 18.9. The van der Waals surface area contributed by atoms with Gasteiger partial charge >= 0.3 is 0 Å². The van der Waals surface area contributed by atoms with Gasteiger partial charge in [-0.05, 0) is 42.7 Å². The van der Waals surface area contributed by atoms with Gasteiger partial charge in [0.25, 0.3) is 5.91 Å². The second kappa shape index (κ2) is 9.90. The first-order chi connectivity index (χ1) is 14.0. The quantitative estimate of drug-likeness (QED) is 0.744. The van der Waals surface area contributed by atoms with Gasteiger partial charge in [-0.3, -0.25) is 9.69 Å². The van der Waals surface area contributed by atoms with Crippen LogP contribution in [0.15, 0.2) is 54.6 Å². The van der Waals surface area contributed by atoms with Crippen LogP contribution in [-0.4, -0.2) is 67.2 Å². The Hall–Kier alpha value is -2.37. The number of likely N-dealkylation sites (tertiary alicyclic amines) is 1. The van der Waals surface area contributed by atoms with E-state index < -0.39 is 0 Å². The third-order valence-electron chi connectivity index (χ3n) is 5.76. The lowest BCUT2D eigenvalue weighted by Crippen LogP contribution is -2.36. The van der Waals surface area contributed by atoms with E-state index in [2.05, 4.69) is 48.0 Å². The van der Waals surface area contributed by atoms with Gasteiger partial charge in [0, 0.05) is 51.5 Å². The summed E-state index contributed by atoms with van der Waals surface area (Å²) in [6.45, 7) is 5.35. The molecule has 29 heavy (non-hydrogen) atoms. The van der Waals surface area contributed by atoms with E-state index in [1.807, 2.05) is 37.4 Å². The molecular formula is C24H33N3O2. The summed E-state index contributed by atoms with van der Waals surface area (Å²) in [6.07, 6.45) is 1.57. The summed E-state index contributed by atoms with van der Waals surface area (Å²) >= 11 is 0. The molecule has 1 heterocycles. The molecule has 1 aliphatic heterocycles. The van der Waals surface area contributed by atoms with Crippen molar-refractivity contribution in [3.8, 4) is 0 Å². The monoisotopic (exact) mass is 395 g/mol. The molecule has 0 unspecified atom stereocenters. The van der Waals surface area contributed by atoms with Crippen molar-refractivity contribution >= 4 is 11.6 Å². The Bertz CT molecular complexity index is 778. The first-order valence-electron chi connectivity index (χ1n) is 10.5. The van der Waals surface area contributed by atoms with Crippen molar-refractivity contribution in [3.63, 3.8) is 0 Å². The molecule has 1 N–H and O–H groups in total. The van der Waals surface area contributed by atoms with E-state index in [0.717, 1.165) is 50.3 Å². The van der Waals surface area contributed by atoms with E-state index >= 15 is 0 Å². The van der Waals surface area contributed by atoms with Crippen LogP contribution in [-0.2, 0) is 0 Å². The molecule has 1 amide bonds. The maximum atomic E-state index is 12.5. The first-order valence-corrected chi connectivity index (χ1v) is 10.5. The Morgan fingerprint density at radius 1 is 1.14 bits per heavy atom. The molecule has 0 aliphatic carbocycles. The molecule has 1 saturated heterocycles. The van der Waals surface area contributed by atoms with Gasteiger partial charge < -0.3 is 14.9 Å². The van der Waals surface area contributed by atoms with Crippen LogP contribution in [0.2, 0.25) is 0 Å². The number of benzene rings is 2. The fourth-order valence-corrected chi connectivity index (χ4v) is 4.03. The molecule has 0 radical (unpaired) electrons. The number of β-amino-alcohol motifs (C(OH)–C–C–N with tert-alkyl or cyclic N) is 1. The highest BCUT2D eigenvalue weighted by Crippen LogP contribution is 2.28. The third-order valence-corrected chi connectivity index (χ3v) is 5.76. The zero-order chi connectivity index (χ0) is 20.8. The number of amides is 1. The maximum absolute atomic E-state index is 12.5. The largest absolute Gasteiger partial charge is 0.392 e. The topological polar surface area (TPSA) is 47.0 Å². The van der Waals surface area contributed by atoms with Crippen LogP contribution < -0.4 is 4.90 Å². The van der Waals surface area contributed by atoms with Crippen molar-refractivity contribution in [2.75, 3.05) is 45.2 Å². The van der Waals surface area contributed by atoms with Crippen LogP contribution in [0.3, 0.4) is 0 Å². The average molecular weight is 396 g/mol. The van der Waals surface area contributed by atoms with Crippen LogP contribution in [0.1, 0.15) is 41.7 Å². The number of hydrogen-bond acceptors (Lipinski definition) is 4. The summed E-state index contributed by atoms with van der Waals surface area (Å²) in [5.41, 5.74) is 3.05. The number of carbonyl (C=O) groups is 1. The number of hydrogen-bond donors (Lipinski definition) is 1. The molecule has 1 aliphatic rings. The van der Waals surface area contributed by atoms with E-state index in [1.165, 1.54) is 5.56 Å². The number of nitrogens with zero attached hydrogens (tertiary/aromatic N) is 3. The van der Waals surface area contributed by atoms with Gasteiger partial charge in [0.2, 0.25) is 0 Å². The summed E-state index contributed by atoms with van der Waals surface area (Å²) in [7, 11) is 3.95. The predicted octanol–water partition coefficient (Wildman–Crippen LogP) is 3.41. The maximum Gasteiger partial charge on any atom is 0.253 e. The number of aliphatic hydroxyl groups excluding tert-OH is 1. The Labute approximate surface area is 174 Å². The zero-order valence-electron chi connectivity index (χ0n) is 17.8. The number of anilines is 1. The molecular weight excluding hydrogens is 362 g/mol. The van der Waals surface area contributed by atoms with Crippen molar-refractivity contribution in [2.45, 2.75) is 31.9 Å². The van der Waals surface area contributed by atoms with Crippen molar-refractivity contribution in [1.29, 1.82) is 0 Å². The van der Waals surface area contributed by atoms with Gasteiger partial charge in [-0.25, -0.2) is 0 Å². The Balaban J connectivity index is 1.78. The highest BCUT2D eigenvalue weighted by molar-refractivity contribution is 5.94. The minimum atomic E-state index is -0.220. The predicted molar refractivity (Wildman–Crippen MR) is 118 cm³/mol. The van der Waals surface area contributed by atoms with Crippen LogP contribution >= 0.6 is 0 Å². The highest BCUT2D eigenvalue weighted by atomic mass is 16.3. The van der Waals surface area contributed by atoms with Crippen molar-refractivity contribution in [1.82, 2.24) is 9.80 Å². The molecule has 2 aromatic rings. The second-order valence-corrected chi connectivity index (χ2v) is 8.01. The normalized spacial score (nSPS) is 17.9. The number of carbonyl (C=O) groups excluding carboxylic acids is 1. The fourth-order valence-electron chi connectivity index (χ4n) is 4.03. The summed E-state index contributed by atoms with van der Waals surface area (Å²) in [6, 6.07) is 18.6. The Kier molecular flexibility index (Phi) is 7.29. The molecule has 5 nitrogen and oxygen atoms in total. The van der Waals surface area contributed by atoms with Crippen LogP contribution in [0.25, 0.3) is 0 Å². The Morgan fingerprint density at radius 2 is 1.83 bits per heavy atom. The molecule has 5 heteroatoms. The lowest BCUT2D eigenvalue weighted by molar-refractivity contribution is 0.0795. The molecule has 0 spiro atoms. The van der Waals surface area contributed by atoms with E-state index in [9.17, 15) is 9.90 Å². The van der Waals surface area contributed by atoms with E-state index in [0.29, 0.717) is 0 Å². The third kappa shape index (κ3) is 5.37. The minimum absolute atomic E-state index is 0.0618. The van der Waals surface area contributed by atoms with Crippen LogP contribution in [0.5, 0.6) is 0 Å². The molecule has 2 aromatic carbocycles. The van der Waals surface area contributed by atoms with Crippen molar-refractivity contribution < 1.29 is 9.90 Å². The molecule has 2 atom stereocenters. The molecule has 0 saturated carbocycles.